The van der Waals surface area contributed by atoms with Gasteiger partial charge in [0.25, 0.3) is 0 Å². The summed E-state index contributed by atoms with van der Waals surface area (Å²) < 4.78 is 21.3. The molecule has 0 saturated carbocycles. The van der Waals surface area contributed by atoms with Crippen LogP contribution in [0.2, 0.25) is 0 Å². The monoisotopic (exact) mass is 503 g/mol. The molecule has 0 heterocycles. The molecule has 0 radical (unpaired) electrons. The average molecular weight is 504 g/mol. The van der Waals surface area contributed by atoms with Crippen molar-refractivity contribution in [2.45, 2.75) is 103 Å². The lowest BCUT2D eigenvalue weighted by Gasteiger charge is -2.08. The van der Waals surface area contributed by atoms with E-state index in [0.717, 1.165) is 12.8 Å². The number of hydrogen-bond acceptors (Lipinski definition) is 6. The van der Waals surface area contributed by atoms with Crippen molar-refractivity contribution in [1.29, 1.82) is 0 Å². The molecule has 35 heavy (non-hydrogen) atoms. The molecule has 0 rings (SSSR count). The first kappa shape index (κ1) is 33.8. The van der Waals surface area contributed by atoms with E-state index >= 15 is 0 Å². The molecule has 0 aromatic rings. The molecule has 0 bridgehead atoms. The van der Waals surface area contributed by atoms with Crippen LogP contribution in [0.25, 0.3) is 0 Å². The number of carboxylic acids is 1. The van der Waals surface area contributed by atoms with Crippen LogP contribution in [0, 0.1) is 0 Å². The maximum Gasteiger partial charge on any atom is 0.305 e. The Kier molecular flexibility index (Phi) is 28.0. The van der Waals surface area contributed by atoms with Crippen molar-refractivity contribution in [3.8, 4) is 0 Å². The van der Waals surface area contributed by atoms with Crippen LogP contribution in [0.1, 0.15) is 103 Å². The molecule has 0 atom stereocenters. The molecule has 0 aliphatic heterocycles. The molecule has 8 nitrogen and oxygen atoms in total. The minimum atomic E-state index is -0.867. The fraction of sp³-hybridized carbons (Fsp3) is 0.926. The van der Waals surface area contributed by atoms with Gasteiger partial charge in [0, 0.05) is 13.0 Å². The smallest absolute Gasteiger partial charge is 0.305 e. The van der Waals surface area contributed by atoms with Gasteiger partial charge in [0.15, 0.2) is 0 Å². The highest BCUT2D eigenvalue weighted by molar-refractivity contribution is 5.75. The molecule has 0 fully saturated rings. The van der Waals surface area contributed by atoms with Gasteiger partial charge in [-0.25, -0.2) is 0 Å². The summed E-state index contributed by atoms with van der Waals surface area (Å²) in [6.07, 6.45) is 17.6. The van der Waals surface area contributed by atoms with Crippen molar-refractivity contribution in [3.05, 3.63) is 0 Å². The summed E-state index contributed by atoms with van der Waals surface area (Å²) in [5, 5.41) is 11.4. The van der Waals surface area contributed by atoms with Crippen LogP contribution in [0.3, 0.4) is 0 Å². The predicted molar refractivity (Wildman–Crippen MR) is 139 cm³/mol. The molecular formula is C27H53NO7. The van der Waals surface area contributed by atoms with Crippen molar-refractivity contribution in [2.24, 2.45) is 0 Å². The lowest BCUT2D eigenvalue weighted by Crippen LogP contribution is -2.27. The molecule has 1 amide bonds. The van der Waals surface area contributed by atoms with Crippen LogP contribution in [0.5, 0.6) is 0 Å². The average Bonchev–Trinajstić information content (AvgIpc) is 2.84. The van der Waals surface area contributed by atoms with Crippen LogP contribution in [-0.2, 0) is 28.5 Å². The lowest BCUT2D eigenvalue weighted by molar-refractivity contribution is -0.138. The summed E-state index contributed by atoms with van der Waals surface area (Å²) in [4.78, 5) is 22.2. The molecule has 0 aromatic heterocycles. The van der Waals surface area contributed by atoms with E-state index in [1.54, 1.807) is 0 Å². The minimum absolute atomic E-state index is 0.00622. The summed E-state index contributed by atoms with van der Waals surface area (Å²) in [5.41, 5.74) is 0. The SMILES string of the molecule is CCCCCCCCCCCCCCCC(=O)NCCOCCOCCOCCOCCC(=O)O. The molecule has 8 heteroatoms. The number of aliphatic carboxylic acids is 1. The number of unbranched alkanes of at least 4 members (excludes halogenated alkanes) is 12. The Morgan fingerprint density at radius 2 is 0.943 bits per heavy atom. The summed E-state index contributed by atoms with van der Waals surface area (Å²) >= 11 is 0. The number of hydrogen-bond donors (Lipinski definition) is 2. The first-order valence-corrected chi connectivity index (χ1v) is 14.0. The Morgan fingerprint density at radius 3 is 1.40 bits per heavy atom. The fourth-order valence-corrected chi connectivity index (χ4v) is 3.58. The van der Waals surface area contributed by atoms with Gasteiger partial charge in [0.2, 0.25) is 5.91 Å². The summed E-state index contributed by atoms with van der Waals surface area (Å²) in [7, 11) is 0. The zero-order valence-electron chi connectivity index (χ0n) is 22.4. The lowest BCUT2D eigenvalue weighted by atomic mass is 10.0. The minimum Gasteiger partial charge on any atom is -0.481 e. The molecule has 0 unspecified atom stereocenters. The van der Waals surface area contributed by atoms with Crippen LogP contribution >= 0.6 is 0 Å². The van der Waals surface area contributed by atoms with E-state index in [2.05, 4.69) is 12.2 Å². The van der Waals surface area contributed by atoms with Crippen LogP contribution in [0.15, 0.2) is 0 Å². The van der Waals surface area contributed by atoms with Gasteiger partial charge < -0.3 is 29.4 Å². The maximum atomic E-state index is 11.9. The molecule has 0 aliphatic rings. The molecule has 0 aliphatic carbocycles. The Morgan fingerprint density at radius 1 is 0.543 bits per heavy atom. The Hall–Kier alpha value is -1.22. The van der Waals surface area contributed by atoms with Crippen molar-refractivity contribution in [2.75, 3.05) is 59.4 Å². The van der Waals surface area contributed by atoms with Crippen LogP contribution < -0.4 is 5.32 Å². The Bertz CT molecular complexity index is 463. The molecular weight excluding hydrogens is 450 g/mol. The summed E-state index contributed by atoms with van der Waals surface area (Å²) in [6, 6.07) is 0. The van der Waals surface area contributed by atoms with Crippen molar-refractivity contribution < 1.29 is 33.6 Å². The van der Waals surface area contributed by atoms with E-state index in [9.17, 15) is 9.59 Å². The number of carbonyl (C=O) groups is 2. The van der Waals surface area contributed by atoms with Gasteiger partial charge in [-0.05, 0) is 6.42 Å². The number of amides is 1. The third-order valence-electron chi connectivity index (χ3n) is 5.65. The number of carbonyl (C=O) groups excluding carboxylic acids is 1. The second-order valence-corrected chi connectivity index (χ2v) is 8.94. The Labute approximate surface area is 213 Å². The van der Waals surface area contributed by atoms with E-state index in [4.69, 9.17) is 24.1 Å². The van der Waals surface area contributed by atoms with Gasteiger partial charge in [-0.1, -0.05) is 84.0 Å². The van der Waals surface area contributed by atoms with Gasteiger partial charge in [0.1, 0.15) is 0 Å². The second kappa shape index (κ2) is 29.0. The van der Waals surface area contributed by atoms with Gasteiger partial charge in [-0.3, -0.25) is 9.59 Å². The van der Waals surface area contributed by atoms with Gasteiger partial charge in [-0.15, -0.1) is 0 Å². The molecule has 208 valence electrons. The largest absolute Gasteiger partial charge is 0.481 e. The first-order chi connectivity index (χ1) is 17.2. The molecule has 0 saturated heterocycles. The molecule has 2 N–H and O–H groups in total. The third kappa shape index (κ3) is 30.7. The zero-order valence-corrected chi connectivity index (χ0v) is 22.4. The fourth-order valence-electron chi connectivity index (χ4n) is 3.58. The number of ether oxygens (including phenoxy) is 4. The van der Waals surface area contributed by atoms with Crippen molar-refractivity contribution in [3.63, 3.8) is 0 Å². The van der Waals surface area contributed by atoms with E-state index in [0.29, 0.717) is 59.2 Å². The van der Waals surface area contributed by atoms with Gasteiger partial charge in [0.05, 0.1) is 59.3 Å². The second-order valence-electron chi connectivity index (χ2n) is 8.94. The standard InChI is InChI=1S/C27H53NO7/c1-2-3-4-5-6-7-8-9-10-11-12-13-14-15-26(29)28-17-19-33-21-23-35-25-24-34-22-20-32-18-16-27(30)31/h2-25H2,1H3,(H,28,29)(H,30,31). The van der Waals surface area contributed by atoms with Crippen LogP contribution in [-0.4, -0.2) is 76.4 Å². The van der Waals surface area contributed by atoms with Crippen molar-refractivity contribution >= 4 is 11.9 Å². The topological polar surface area (TPSA) is 103 Å². The molecule has 0 spiro atoms. The van der Waals surface area contributed by atoms with Gasteiger partial charge >= 0.3 is 5.97 Å². The summed E-state index contributed by atoms with van der Waals surface area (Å²) in [6.45, 7) is 6.15. The Balaban J connectivity index is 3.15. The van der Waals surface area contributed by atoms with Crippen LogP contribution in [0.4, 0.5) is 0 Å². The predicted octanol–water partition coefficient (Wildman–Crippen LogP) is 5.13. The highest BCUT2D eigenvalue weighted by Gasteiger charge is 2.01. The number of rotatable bonds is 29. The highest BCUT2D eigenvalue weighted by atomic mass is 16.6. The third-order valence-corrected chi connectivity index (χ3v) is 5.65. The first-order valence-electron chi connectivity index (χ1n) is 14.0. The van der Waals surface area contributed by atoms with Gasteiger partial charge in [-0.2, -0.15) is 0 Å². The van der Waals surface area contributed by atoms with Crippen molar-refractivity contribution in [1.82, 2.24) is 5.32 Å². The number of nitrogens with one attached hydrogen (secondary N) is 1. The highest BCUT2D eigenvalue weighted by Crippen LogP contribution is 2.12. The summed E-state index contributed by atoms with van der Waals surface area (Å²) in [5.74, 6) is -0.758. The van der Waals surface area contributed by atoms with E-state index in [1.807, 2.05) is 0 Å². The normalized spacial score (nSPS) is 11.1. The number of carboxylic acid groups (broad SMARTS) is 1. The zero-order chi connectivity index (χ0) is 25.7. The van der Waals surface area contributed by atoms with E-state index in [1.165, 1.54) is 70.6 Å². The maximum absolute atomic E-state index is 11.9. The van der Waals surface area contributed by atoms with E-state index < -0.39 is 5.97 Å². The van der Waals surface area contributed by atoms with E-state index in [-0.39, 0.29) is 18.9 Å². The molecule has 0 aromatic carbocycles. The quantitative estimate of drug-likeness (QED) is 0.136.